The van der Waals surface area contributed by atoms with Crippen molar-refractivity contribution in [2.24, 2.45) is 0 Å². The molecular weight excluding hydrogens is 246 g/mol. The standard InChI is InChI=1S/C17H23N3/c1-2-4-6-16(5-3-1)19-13-15-7-9-17(10-8-15)20-12-11-18-14-20/h7-12,14,16,19H,1-6,13H2. The lowest BCUT2D eigenvalue weighted by Crippen LogP contribution is -2.27. The molecule has 1 saturated carbocycles. The van der Waals surface area contributed by atoms with Gasteiger partial charge in [-0.2, -0.15) is 0 Å². The van der Waals surface area contributed by atoms with Crippen LogP contribution in [0.4, 0.5) is 0 Å². The van der Waals surface area contributed by atoms with E-state index >= 15 is 0 Å². The van der Waals surface area contributed by atoms with Crippen molar-refractivity contribution in [1.82, 2.24) is 14.9 Å². The SMILES string of the molecule is c1cn(-c2ccc(CNC3CCCCCC3)cc2)cn1. The number of benzene rings is 1. The van der Waals surface area contributed by atoms with E-state index in [2.05, 4.69) is 34.6 Å². The Balaban J connectivity index is 1.55. The average Bonchev–Trinajstić information content (AvgIpc) is 2.90. The Hall–Kier alpha value is -1.61. The van der Waals surface area contributed by atoms with Gasteiger partial charge >= 0.3 is 0 Å². The molecule has 1 aromatic heterocycles. The first-order valence-electron chi connectivity index (χ1n) is 7.72. The Morgan fingerprint density at radius 2 is 1.80 bits per heavy atom. The highest BCUT2D eigenvalue weighted by Crippen LogP contribution is 2.18. The molecule has 1 aromatic carbocycles. The monoisotopic (exact) mass is 269 g/mol. The van der Waals surface area contributed by atoms with E-state index in [1.54, 1.807) is 0 Å². The predicted molar refractivity (Wildman–Crippen MR) is 81.9 cm³/mol. The molecule has 0 aliphatic heterocycles. The first-order chi connectivity index (χ1) is 9.92. The molecule has 0 amide bonds. The summed E-state index contributed by atoms with van der Waals surface area (Å²) in [6.45, 7) is 0.981. The molecule has 0 atom stereocenters. The molecule has 0 unspecified atom stereocenters. The van der Waals surface area contributed by atoms with Gasteiger partial charge in [-0.25, -0.2) is 4.98 Å². The third kappa shape index (κ3) is 3.48. The number of aromatic nitrogens is 2. The third-order valence-electron chi connectivity index (χ3n) is 4.19. The summed E-state index contributed by atoms with van der Waals surface area (Å²) in [4.78, 5) is 4.08. The van der Waals surface area contributed by atoms with Gasteiger partial charge in [0, 0.05) is 30.7 Å². The van der Waals surface area contributed by atoms with Crippen molar-refractivity contribution in [2.75, 3.05) is 0 Å². The van der Waals surface area contributed by atoms with Crippen LogP contribution in [0.25, 0.3) is 5.69 Å². The molecule has 1 aliphatic carbocycles. The Morgan fingerprint density at radius 1 is 1.05 bits per heavy atom. The molecule has 1 heterocycles. The smallest absolute Gasteiger partial charge is 0.0991 e. The maximum Gasteiger partial charge on any atom is 0.0991 e. The van der Waals surface area contributed by atoms with E-state index < -0.39 is 0 Å². The van der Waals surface area contributed by atoms with E-state index in [4.69, 9.17) is 0 Å². The van der Waals surface area contributed by atoms with Crippen LogP contribution in [0.1, 0.15) is 44.1 Å². The molecular formula is C17H23N3. The van der Waals surface area contributed by atoms with E-state index in [1.807, 2.05) is 23.3 Å². The summed E-state index contributed by atoms with van der Waals surface area (Å²) < 4.78 is 2.03. The van der Waals surface area contributed by atoms with E-state index in [0.29, 0.717) is 6.04 Å². The van der Waals surface area contributed by atoms with Crippen LogP contribution < -0.4 is 5.32 Å². The fourth-order valence-corrected chi connectivity index (χ4v) is 2.94. The molecule has 3 rings (SSSR count). The van der Waals surface area contributed by atoms with Crippen molar-refractivity contribution in [3.05, 3.63) is 48.5 Å². The van der Waals surface area contributed by atoms with Gasteiger partial charge in [-0.15, -0.1) is 0 Å². The van der Waals surface area contributed by atoms with Crippen LogP contribution >= 0.6 is 0 Å². The molecule has 1 N–H and O–H groups in total. The zero-order valence-corrected chi connectivity index (χ0v) is 12.0. The molecule has 3 heteroatoms. The van der Waals surface area contributed by atoms with Crippen molar-refractivity contribution in [2.45, 2.75) is 51.1 Å². The van der Waals surface area contributed by atoms with Crippen molar-refractivity contribution in [3.8, 4) is 5.69 Å². The minimum Gasteiger partial charge on any atom is -0.310 e. The summed E-state index contributed by atoms with van der Waals surface area (Å²) in [6, 6.07) is 9.45. The van der Waals surface area contributed by atoms with Gasteiger partial charge < -0.3 is 9.88 Å². The molecule has 3 nitrogen and oxygen atoms in total. The number of nitrogens with zero attached hydrogens (tertiary/aromatic N) is 2. The molecule has 1 aliphatic rings. The van der Waals surface area contributed by atoms with E-state index in [9.17, 15) is 0 Å². The molecule has 0 saturated heterocycles. The minimum atomic E-state index is 0.714. The fraction of sp³-hybridized carbons (Fsp3) is 0.471. The number of rotatable bonds is 4. The second kappa shape index (κ2) is 6.71. The quantitative estimate of drug-likeness (QED) is 0.858. The first kappa shape index (κ1) is 13.4. The Morgan fingerprint density at radius 3 is 2.45 bits per heavy atom. The summed E-state index contributed by atoms with van der Waals surface area (Å²) in [5.74, 6) is 0. The van der Waals surface area contributed by atoms with Crippen LogP contribution in [0.5, 0.6) is 0 Å². The lowest BCUT2D eigenvalue weighted by Gasteiger charge is -2.16. The normalized spacial score (nSPS) is 17.0. The van der Waals surface area contributed by atoms with E-state index in [-0.39, 0.29) is 0 Å². The Bertz CT molecular complexity index is 494. The van der Waals surface area contributed by atoms with Crippen LogP contribution in [0.3, 0.4) is 0 Å². The van der Waals surface area contributed by atoms with Gasteiger partial charge in [0.25, 0.3) is 0 Å². The zero-order valence-electron chi connectivity index (χ0n) is 12.0. The first-order valence-corrected chi connectivity index (χ1v) is 7.72. The molecule has 20 heavy (non-hydrogen) atoms. The van der Waals surface area contributed by atoms with Gasteiger partial charge in [0.15, 0.2) is 0 Å². The van der Waals surface area contributed by atoms with Crippen LogP contribution in [-0.2, 0) is 6.54 Å². The summed E-state index contributed by atoms with van der Waals surface area (Å²) in [5.41, 5.74) is 2.53. The van der Waals surface area contributed by atoms with E-state index in [1.165, 1.54) is 49.8 Å². The maximum absolute atomic E-state index is 4.08. The topological polar surface area (TPSA) is 29.9 Å². The van der Waals surface area contributed by atoms with Gasteiger partial charge in [0.1, 0.15) is 0 Å². The van der Waals surface area contributed by atoms with Gasteiger partial charge in [0.2, 0.25) is 0 Å². The second-order valence-corrected chi connectivity index (χ2v) is 5.71. The number of nitrogens with one attached hydrogen (secondary N) is 1. The Labute approximate surface area is 121 Å². The molecule has 0 spiro atoms. The van der Waals surface area contributed by atoms with Crippen LogP contribution in [0, 0.1) is 0 Å². The van der Waals surface area contributed by atoms with E-state index in [0.717, 1.165) is 6.54 Å². The zero-order chi connectivity index (χ0) is 13.6. The Kier molecular flexibility index (Phi) is 4.49. The molecule has 2 aromatic rings. The van der Waals surface area contributed by atoms with Gasteiger partial charge in [-0.1, -0.05) is 37.8 Å². The molecule has 1 fully saturated rings. The maximum atomic E-state index is 4.08. The third-order valence-corrected chi connectivity index (χ3v) is 4.19. The summed E-state index contributed by atoms with van der Waals surface area (Å²) in [5, 5.41) is 3.71. The van der Waals surface area contributed by atoms with Crippen LogP contribution in [0.2, 0.25) is 0 Å². The average molecular weight is 269 g/mol. The summed E-state index contributed by atoms with van der Waals surface area (Å²) >= 11 is 0. The summed E-state index contributed by atoms with van der Waals surface area (Å²) in [6.07, 6.45) is 13.9. The molecule has 0 radical (unpaired) electrons. The van der Waals surface area contributed by atoms with Crippen LogP contribution in [-0.4, -0.2) is 15.6 Å². The fourth-order valence-electron chi connectivity index (χ4n) is 2.94. The summed E-state index contributed by atoms with van der Waals surface area (Å²) in [7, 11) is 0. The second-order valence-electron chi connectivity index (χ2n) is 5.71. The number of imidazole rings is 1. The minimum absolute atomic E-state index is 0.714. The number of hydrogen-bond donors (Lipinski definition) is 1. The van der Waals surface area contributed by atoms with Crippen molar-refractivity contribution in [3.63, 3.8) is 0 Å². The predicted octanol–water partition coefficient (Wildman–Crippen LogP) is 3.68. The number of hydrogen-bond acceptors (Lipinski definition) is 2. The highest BCUT2D eigenvalue weighted by Gasteiger charge is 2.11. The highest BCUT2D eigenvalue weighted by molar-refractivity contribution is 5.34. The lowest BCUT2D eigenvalue weighted by atomic mass is 10.1. The van der Waals surface area contributed by atoms with Gasteiger partial charge in [-0.3, -0.25) is 0 Å². The largest absolute Gasteiger partial charge is 0.310 e. The van der Waals surface area contributed by atoms with Crippen molar-refractivity contribution in [1.29, 1.82) is 0 Å². The van der Waals surface area contributed by atoms with Gasteiger partial charge in [0.05, 0.1) is 6.33 Å². The molecule has 106 valence electrons. The van der Waals surface area contributed by atoms with Gasteiger partial charge in [-0.05, 0) is 30.5 Å². The van der Waals surface area contributed by atoms with Crippen molar-refractivity contribution < 1.29 is 0 Å². The lowest BCUT2D eigenvalue weighted by molar-refractivity contribution is 0.459. The highest BCUT2D eigenvalue weighted by atomic mass is 15.0. The van der Waals surface area contributed by atoms with Crippen LogP contribution in [0.15, 0.2) is 43.0 Å². The van der Waals surface area contributed by atoms with Crippen molar-refractivity contribution >= 4 is 0 Å². The molecule has 0 bridgehead atoms.